The average molecular weight is 300 g/mol. The summed E-state index contributed by atoms with van der Waals surface area (Å²) in [7, 11) is 0. The van der Waals surface area contributed by atoms with E-state index in [1.54, 1.807) is 0 Å². The molecule has 0 aromatic heterocycles. The molecule has 20 heavy (non-hydrogen) atoms. The smallest absolute Gasteiger partial charge is 0.0225 e. The van der Waals surface area contributed by atoms with Crippen molar-refractivity contribution in [2.24, 2.45) is 5.92 Å². The average Bonchev–Trinajstić information content (AvgIpc) is 2.50. The molecule has 1 unspecified atom stereocenters. The zero-order valence-corrected chi connectivity index (χ0v) is 14.2. The summed E-state index contributed by atoms with van der Waals surface area (Å²) in [5, 5.41) is 0. The number of hydrogen-bond donors (Lipinski definition) is 0. The number of rotatable bonds is 7. The number of halogens is 1. The van der Waals surface area contributed by atoms with Crippen LogP contribution in [0.5, 0.6) is 0 Å². The predicted octanol–water partition coefficient (Wildman–Crippen LogP) is 5.61. The molecule has 0 amide bonds. The molecule has 0 aromatic rings. The van der Waals surface area contributed by atoms with Crippen LogP contribution in [0.25, 0.3) is 0 Å². The SMILES string of the molecule is CC(CCCl)CCN(C1CCCCC1)C1CCCCC1. The summed E-state index contributed by atoms with van der Waals surface area (Å²) in [6.45, 7) is 3.70. The molecular weight excluding hydrogens is 266 g/mol. The lowest BCUT2D eigenvalue weighted by atomic mass is 9.88. The largest absolute Gasteiger partial charge is 0.297 e. The Kier molecular flexibility index (Phi) is 7.73. The topological polar surface area (TPSA) is 3.24 Å². The van der Waals surface area contributed by atoms with E-state index in [2.05, 4.69) is 11.8 Å². The Morgan fingerprint density at radius 2 is 1.35 bits per heavy atom. The molecule has 0 aliphatic heterocycles. The van der Waals surface area contributed by atoms with Gasteiger partial charge >= 0.3 is 0 Å². The van der Waals surface area contributed by atoms with Crippen LogP contribution in [0.4, 0.5) is 0 Å². The lowest BCUT2D eigenvalue weighted by Gasteiger charge is -2.42. The van der Waals surface area contributed by atoms with E-state index < -0.39 is 0 Å². The monoisotopic (exact) mass is 299 g/mol. The third-order valence-electron chi connectivity index (χ3n) is 5.57. The minimum Gasteiger partial charge on any atom is -0.297 e. The molecule has 118 valence electrons. The molecule has 0 heterocycles. The van der Waals surface area contributed by atoms with Crippen LogP contribution in [0.2, 0.25) is 0 Å². The fourth-order valence-electron chi connectivity index (χ4n) is 4.19. The number of alkyl halides is 1. The van der Waals surface area contributed by atoms with Crippen molar-refractivity contribution in [1.29, 1.82) is 0 Å². The van der Waals surface area contributed by atoms with Gasteiger partial charge in [0.1, 0.15) is 0 Å². The van der Waals surface area contributed by atoms with Crippen molar-refractivity contribution < 1.29 is 0 Å². The van der Waals surface area contributed by atoms with Crippen molar-refractivity contribution in [3.05, 3.63) is 0 Å². The quantitative estimate of drug-likeness (QED) is 0.552. The van der Waals surface area contributed by atoms with Gasteiger partial charge in [0.2, 0.25) is 0 Å². The van der Waals surface area contributed by atoms with Gasteiger partial charge in [0.05, 0.1) is 0 Å². The van der Waals surface area contributed by atoms with Crippen LogP contribution in [0.3, 0.4) is 0 Å². The molecule has 2 heteroatoms. The summed E-state index contributed by atoms with van der Waals surface area (Å²) in [5.74, 6) is 1.62. The third-order valence-corrected chi connectivity index (χ3v) is 5.79. The number of nitrogens with zero attached hydrogens (tertiary/aromatic N) is 1. The highest BCUT2D eigenvalue weighted by atomic mass is 35.5. The first kappa shape index (κ1) is 16.6. The summed E-state index contributed by atoms with van der Waals surface area (Å²) in [6.07, 6.45) is 17.2. The van der Waals surface area contributed by atoms with Gasteiger partial charge in [-0.3, -0.25) is 4.90 Å². The van der Waals surface area contributed by atoms with E-state index in [1.807, 2.05) is 0 Å². The van der Waals surface area contributed by atoms with Crippen molar-refractivity contribution >= 4 is 11.6 Å². The van der Waals surface area contributed by atoms with E-state index in [4.69, 9.17) is 11.6 Å². The summed E-state index contributed by atoms with van der Waals surface area (Å²) in [4.78, 5) is 2.93. The zero-order chi connectivity index (χ0) is 14.2. The lowest BCUT2D eigenvalue weighted by molar-refractivity contribution is 0.0751. The van der Waals surface area contributed by atoms with Crippen molar-refractivity contribution in [3.63, 3.8) is 0 Å². The van der Waals surface area contributed by atoms with Crippen LogP contribution in [0.1, 0.15) is 84.0 Å². The predicted molar refractivity (Wildman–Crippen MR) is 89.6 cm³/mol. The minimum atomic E-state index is 0.794. The van der Waals surface area contributed by atoms with Crippen molar-refractivity contribution in [2.75, 3.05) is 12.4 Å². The van der Waals surface area contributed by atoms with Gasteiger partial charge in [-0.15, -0.1) is 11.6 Å². The third kappa shape index (κ3) is 5.22. The van der Waals surface area contributed by atoms with Gasteiger partial charge in [0.25, 0.3) is 0 Å². The second kappa shape index (κ2) is 9.30. The van der Waals surface area contributed by atoms with Crippen LogP contribution in [-0.4, -0.2) is 29.4 Å². The van der Waals surface area contributed by atoms with Gasteiger partial charge in [0.15, 0.2) is 0 Å². The molecule has 0 N–H and O–H groups in total. The van der Waals surface area contributed by atoms with Crippen LogP contribution < -0.4 is 0 Å². The van der Waals surface area contributed by atoms with E-state index in [0.29, 0.717) is 0 Å². The van der Waals surface area contributed by atoms with Crippen LogP contribution in [0.15, 0.2) is 0 Å². The Bertz CT molecular complexity index is 226. The van der Waals surface area contributed by atoms with Crippen molar-refractivity contribution in [1.82, 2.24) is 4.90 Å². The molecule has 0 radical (unpaired) electrons. The molecule has 1 atom stereocenters. The van der Waals surface area contributed by atoms with E-state index in [1.165, 1.54) is 83.6 Å². The zero-order valence-electron chi connectivity index (χ0n) is 13.5. The normalized spacial score (nSPS) is 24.1. The van der Waals surface area contributed by atoms with Gasteiger partial charge in [-0.2, -0.15) is 0 Å². The van der Waals surface area contributed by atoms with Gasteiger partial charge in [-0.25, -0.2) is 0 Å². The molecule has 1 nitrogen and oxygen atoms in total. The Balaban J connectivity index is 1.88. The molecule has 0 bridgehead atoms. The maximum absolute atomic E-state index is 5.90. The van der Waals surface area contributed by atoms with Crippen LogP contribution in [0, 0.1) is 5.92 Å². The highest BCUT2D eigenvalue weighted by Gasteiger charge is 2.28. The van der Waals surface area contributed by atoms with Gasteiger partial charge in [0, 0.05) is 18.0 Å². The Morgan fingerprint density at radius 1 is 0.850 bits per heavy atom. The first-order valence-electron chi connectivity index (χ1n) is 9.13. The molecule has 2 saturated carbocycles. The molecule has 0 saturated heterocycles. The van der Waals surface area contributed by atoms with Crippen LogP contribution in [-0.2, 0) is 0 Å². The molecule has 2 aliphatic carbocycles. The van der Waals surface area contributed by atoms with Crippen LogP contribution >= 0.6 is 11.6 Å². The standard InChI is InChI=1S/C18H34ClN/c1-16(12-14-19)13-15-20(17-8-4-2-5-9-17)18-10-6-3-7-11-18/h16-18H,2-15H2,1H3. The molecule has 2 rings (SSSR count). The van der Waals surface area contributed by atoms with Gasteiger partial charge < -0.3 is 0 Å². The Hall–Kier alpha value is 0.250. The second-order valence-corrected chi connectivity index (χ2v) is 7.57. The summed E-state index contributed by atoms with van der Waals surface area (Å²) in [6, 6.07) is 1.80. The minimum absolute atomic E-state index is 0.794. The fourth-order valence-corrected chi connectivity index (χ4v) is 4.56. The summed E-state index contributed by atoms with van der Waals surface area (Å²) < 4.78 is 0. The van der Waals surface area contributed by atoms with Gasteiger partial charge in [-0.1, -0.05) is 45.4 Å². The molecule has 0 aromatic carbocycles. The Labute approximate surface area is 131 Å². The molecule has 2 fully saturated rings. The highest BCUT2D eigenvalue weighted by Crippen LogP contribution is 2.30. The van der Waals surface area contributed by atoms with Gasteiger partial charge in [-0.05, 0) is 51.0 Å². The second-order valence-electron chi connectivity index (χ2n) is 7.19. The van der Waals surface area contributed by atoms with Crippen molar-refractivity contribution in [3.8, 4) is 0 Å². The van der Waals surface area contributed by atoms with E-state index in [9.17, 15) is 0 Å². The molecule has 0 spiro atoms. The summed E-state index contributed by atoms with van der Waals surface area (Å²) in [5.41, 5.74) is 0. The van der Waals surface area contributed by atoms with Crippen molar-refractivity contribution in [2.45, 2.75) is 96.1 Å². The fraction of sp³-hybridized carbons (Fsp3) is 1.00. The maximum Gasteiger partial charge on any atom is 0.0225 e. The van der Waals surface area contributed by atoms with E-state index in [0.717, 1.165) is 23.9 Å². The maximum atomic E-state index is 5.90. The molecular formula is C18H34ClN. The lowest BCUT2D eigenvalue weighted by Crippen LogP contribution is -2.46. The van der Waals surface area contributed by atoms with E-state index in [-0.39, 0.29) is 0 Å². The van der Waals surface area contributed by atoms with E-state index >= 15 is 0 Å². The Morgan fingerprint density at radius 3 is 1.80 bits per heavy atom. The number of hydrogen-bond acceptors (Lipinski definition) is 1. The molecule has 2 aliphatic rings. The first-order chi connectivity index (χ1) is 9.81. The summed E-state index contributed by atoms with van der Waals surface area (Å²) >= 11 is 5.90. The first-order valence-corrected chi connectivity index (χ1v) is 9.66. The highest BCUT2D eigenvalue weighted by molar-refractivity contribution is 6.17.